The van der Waals surface area contributed by atoms with Crippen LogP contribution in [0.2, 0.25) is 0 Å². The van der Waals surface area contributed by atoms with Crippen LogP contribution in [0.4, 0.5) is 13.2 Å². The molecule has 2 aliphatic rings. The molecule has 1 aromatic heterocycles. The predicted octanol–water partition coefficient (Wildman–Crippen LogP) is 2.42. The van der Waals surface area contributed by atoms with Crippen molar-refractivity contribution in [3.8, 4) is 0 Å². The number of amides is 1. The van der Waals surface area contributed by atoms with Crippen LogP contribution in [-0.2, 0) is 20.9 Å². The zero-order valence-corrected chi connectivity index (χ0v) is 15.9. The number of ether oxygens (including phenoxy) is 1. The number of carboxylic acid groups (broad SMARTS) is 1. The Bertz CT molecular complexity index is 665. The molecule has 0 aromatic carbocycles. The van der Waals surface area contributed by atoms with Crippen LogP contribution in [-0.4, -0.2) is 60.4 Å². The van der Waals surface area contributed by atoms with E-state index in [0.29, 0.717) is 5.92 Å². The number of piperidine rings is 1. The van der Waals surface area contributed by atoms with Gasteiger partial charge >= 0.3 is 12.1 Å². The lowest BCUT2D eigenvalue weighted by atomic mass is 9.91. The molecule has 0 unspecified atom stereocenters. The van der Waals surface area contributed by atoms with Gasteiger partial charge in [-0.25, -0.2) is 4.79 Å². The van der Waals surface area contributed by atoms with Crippen molar-refractivity contribution in [3.05, 3.63) is 21.9 Å². The predicted molar refractivity (Wildman–Crippen MR) is 93.5 cm³/mol. The second-order valence-electron chi connectivity index (χ2n) is 6.61. The van der Waals surface area contributed by atoms with Gasteiger partial charge in [0, 0.05) is 29.9 Å². The van der Waals surface area contributed by atoms with Crippen molar-refractivity contribution in [3.63, 3.8) is 0 Å². The summed E-state index contributed by atoms with van der Waals surface area (Å²) in [6, 6.07) is 4.40. The number of nitrogens with one attached hydrogen (secondary N) is 1. The highest BCUT2D eigenvalue weighted by Crippen LogP contribution is 2.34. The van der Waals surface area contributed by atoms with Crippen LogP contribution in [0.25, 0.3) is 0 Å². The third-order valence-corrected chi connectivity index (χ3v) is 5.58. The van der Waals surface area contributed by atoms with Gasteiger partial charge in [-0.3, -0.25) is 9.69 Å². The van der Waals surface area contributed by atoms with E-state index >= 15 is 0 Å². The third kappa shape index (κ3) is 6.18. The average molecular weight is 408 g/mol. The van der Waals surface area contributed by atoms with Gasteiger partial charge in [0.05, 0.1) is 6.10 Å². The summed E-state index contributed by atoms with van der Waals surface area (Å²) in [7, 11) is 1.68. The molecule has 2 saturated heterocycles. The SMILES string of the molecule is CNC(=O)[C@H]1C[C@@H]2CCN(Cc3ccc(C)s3)C[C@H]2O1.O=C(O)C(F)(F)F. The molecule has 0 spiro atoms. The van der Waals surface area contributed by atoms with E-state index in [1.54, 1.807) is 7.05 Å². The molecule has 10 heteroatoms. The van der Waals surface area contributed by atoms with Crippen LogP contribution in [0.15, 0.2) is 12.1 Å². The van der Waals surface area contributed by atoms with Gasteiger partial charge in [0.1, 0.15) is 6.10 Å². The van der Waals surface area contributed by atoms with Crippen molar-refractivity contribution in [2.24, 2.45) is 5.92 Å². The Kier molecular flexibility index (Phi) is 7.24. The van der Waals surface area contributed by atoms with Gasteiger partial charge in [-0.15, -0.1) is 11.3 Å². The fourth-order valence-electron chi connectivity index (χ4n) is 3.26. The van der Waals surface area contributed by atoms with E-state index in [1.807, 2.05) is 11.3 Å². The number of likely N-dealkylation sites (N-methyl/N-ethyl adjacent to an activating group) is 1. The molecule has 0 saturated carbocycles. The average Bonchev–Trinajstić information content (AvgIpc) is 3.19. The second-order valence-corrected chi connectivity index (χ2v) is 7.98. The summed E-state index contributed by atoms with van der Waals surface area (Å²) in [5.41, 5.74) is 0. The summed E-state index contributed by atoms with van der Waals surface area (Å²) < 4.78 is 37.7. The van der Waals surface area contributed by atoms with Gasteiger partial charge in [-0.2, -0.15) is 13.2 Å². The van der Waals surface area contributed by atoms with Crippen molar-refractivity contribution in [2.45, 2.75) is 44.7 Å². The Morgan fingerprint density at radius 1 is 1.41 bits per heavy atom. The smallest absolute Gasteiger partial charge is 0.475 e. The Balaban J connectivity index is 0.000000321. The van der Waals surface area contributed by atoms with Crippen LogP contribution in [0, 0.1) is 12.8 Å². The Labute approximate surface area is 159 Å². The van der Waals surface area contributed by atoms with E-state index in [4.69, 9.17) is 14.6 Å². The number of rotatable bonds is 3. The second kappa shape index (κ2) is 9.03. The zero-order chi connectivity index (χ0) is 20.2. The van der Waals surface area contributed by atoms with E-state index in [9.17, 15) is 18.0 Å². The number of nitrogens with zero attached hydrogens (tertiary/aromatic N) is 1. The van der Waals surface area contributed by atoms with Crippen LogP contribution in [0.3, 0.4) is 0 Å². The molecule has 2 N–H and O–H groups in total. The van der Waals surface area contributed by atoms with Crippen molar-refractivity contribution in [1.82, 2.24) is 10.2 Å². The minimum Gasteiger partial charge on any atom is -0.475 e. The number of fused-ring (bicyclic) bond motifs is 1. The van der Waals surface area contributed by atoms with Gasteiger partial charge in [0.2, 0.25) is 5.91 Å². The first-order valence-electron chi connectivity index (χ1n) is 8.55. The van der Waals surface area contributed by atoms with Gasteiger partial charge in [0.15, 0.2) is 0 Å². The minimum absolute atomic E-state index is 0.0276. The normalized spacial score (nSPS) is 25.3. The van der Waals surface area contributed by atoms with Gasteiger partial charge in [-0.05, 0) is 44.4 Å². The first-order chi connectivity index (χ1) is 12.6. The molecule has 1 aromatic rings. The lowest BCUT2D eigenvalue weighted by molar-refractivity contribution is -0.192. The monoisotopic (exact) mass is 408 g/mol. The molecule has 0 bridgehead atoms. The highest BCUT2D eigenvalue weighted by molar-refractivity contribution is 7.11. The molecular formula is C17H23F3N2O4S. The largest absolute Gasteiger partial charge is 0.490 e. The molecule has 3 rings (SSSR count). The lowest BCUT2D eigenvalue weighted by Gasteiger charge is -2.33. The molecule has 2 fully saturated rings. The number of carbonyl (C=O) groups excluding carboxylic acids is 1. The number of hydrogen-bond acceptors (Lipinski definition) is 5. The van der Waals surface area contributed by atoms with Crippen LogP contribution in [0.1, 0.15) is 22.6 Å². The van der Waals surface area contributed by atoms with Crippen molar-refractivity contribution in [1.29, 1.82) is 0 Å². The highest BCUT2D eigenvalue weighted by atomic mass is 32.1. The minimum atomic E-state index is -5.08. The number of aryl methyl sites for hydroxylation is 1. The van der Waals surface area contributed by atoms with Crippen molar-refractivity contribution < 1.29 is 32.6 Å². The van der Waals surface area contributed by atoms with Crippen LogP contribution in [0.5, 0.6) is 0 Å². The van der Waals surface area contributed by atoms with Crippen molar-refractivity contribution in [2.75, 3.05) is 20.1 Å². The molecule has 0 aliphatic carbocycles. The quantitative estimate of drug-likeness (QED) is 0.803. The number of halogens is 3. The number of aliphatic carboxylic acids is 1. The lowest BCUT2D eigenvalue weighted by Crippen LogP contribution is -2.41. The maximum absolute atomic E-state index is 11.7. The first kappa shape index (κ1) is 21.6. The molecule has 1 amide bonds. The standard InChI is InChI=1S/C15H22N2O2S.C2HF3O2/c1-10-3-4-12(20-10)8-17-6-5-11-7-13(15(18)16-2)19-14(11)9-17;3-2(4,5)1(6)7/h3-4,11,13-14H,5-9H2,1-2H3,(H,16,18);(H,6,7)/t11-,13+,14+;/m0./s1. The molecule has 152 valence electrons. The Hall–Kier alpha value is -1.65. The van der Waals surface area contributed by atoms with Crippen LogP contribution < -0.4 is 5.32 Å². The van der Waals surface area contributed by atoms with Crippen LogP contribution >= 0.6 is 11.3 Å². The summed E-state index contributed by atoms with van der Waals surface area (Å²) >= 11 is 1.87. The number of alkyl halides is 3. The van der Waals surface area contributed by atoms with Gasteiger partial charge in [0.25, 0.3) is 0 Å². The maximum atomic E-state index is 11.7. The number of carbonyl (C=O) groups is 2. The Morgan fingerprint density at radius 2 is 2.07 bits per heavy atom. The molecule has 3 heterocycles. The summed E-state index contributed by atoms with van der Waals surface area (Å²) in [5, 5.41) is 9.82. The van der Waals surface area contributed by atoms with Gasteiger partial charge in [-0.1, -0.05) is 0 Å². The van der Waals surface area contributed by atoms with Gasteiger partial charge < -0.3 is 15.2 Å². The van der Waals surface area contributed by atoms with E-state index in [1.165, 1.54) is 9.75 Å². The van der Waals surface area contributed by atoms with E-state index in [-0.39, 0.29) is 18.1 Å². The van der Waals surface area contributed by atoms with E-state index in [0.717, 1.165) is 32.5 Å². The fraction of sp³-hybridized carbons (Fsp3) is 0.647. The highest BCUT2D eigenvalue weighted by Gasteiger charge is 2.41. The van der Waals surface area contributed by atoms with E-state index in [2.05, 4.69) is 29.3 Å². The molecule has 6 nitrogen and oxygen atoms in total. The molecule has 2 aliphatic heterocycles. The number of thiophene rings is 1. The number of likely N-dealkylation sites (tertiary alicyclic amines) is 1. The molecule has 27 heavy (non-hydrogen) atoms. The molecular weight excluding hydrogens is 385 g/mol. The first-order valence-corrected chi connectivity index (χ1v) is 9.36. The maximum Gasteiger partial charge on any atom is 0.490 e. The summed E-state index contributed by atoms with van der Waals surface area (Å²) in [6.45, 7) is 5.22. The topological polar surface area (TPSA) is 78.9 Å². The number of hydrogen-bond donors (Lipinski definition) is 2. The third-order valence-electron chi connectivity index (χ3n) is 4.59. The van der Waals surface area contributed by atoms with Crippen molar-refractivity contribution >= 4 is 23.2 Å². The molecule has 3 atom stereocenters. The fourth-order valence-corrected chi connectivity index (χ4v) is 4.19. The summed E-state index contributed by atoms with van der Waals surface area (Å²) in [5.74, 6) is -2.18. The Morgan fingerprint density at radius 3 is 2.59 bits per heavy atom. The van der Waals surface area contributed by atoms with E-state index < -0.39 is 12.1 Å². The summed E-state index contributed by atoms with van der Waals surface area (Å²) in [4.78, 5) is 25.8. The zero-order valence-electron chi connectivity index (χ0n) is 15.1. The number of carboxylic acids is 1. The summed E-state index contributed by atoms with van der Waals surface area (Å²) in [6.07, 6.45) is -3.07. The molecule has 0 radical (unpaired) electrons.